The number of piperidine rings is 2. The molecule has 1 amide bonds. The number of hydrogen-bond donors (Lipinski definition) is 2. The second-order valence-corrected chi connectivity index (χ2v) is 3.99. The molecule has 2 aliphatic heterocycles. The average Bonchev–Trinajstić information content (AvgIpc) is 2.11. The Labute approximate surface area is 77.2 Å². The highest BCUT2D eigenvalue weighted by Gasteiger charge is 2.41. The number of aliphatic hydroxyl groups is 1. The van der Waals surface area contributed by atoms with Gasteiger partial charge in [0.05, 0.1) is 12.1 Å². The summed E-state index contributed by atoms with van der Waals surface area (Å²) in [7, 11) is 0. The Morgan fingerprint density at radius 1 is 1.23 bits per heavy atom. The van der Waals surface area contributed by atoms with Crippen molar-refractivity contribution in [1.29, 1.82) is 0 Å². The van der Waals surface area contributed by atoms with Crippen LogP contribution >= 0.6 is 0 Å². The van der Waals surface area contributed by atoms with E-state index >= 15 is 0 Å². The quantitative estimate of drug-likeness (QED) is 0.592. The van der Waals surface area contributed by atoms with Crippen LogP contribution in [0.4, 0.5) is 4.79 Å². The van der Waals surface area contributed by atoms with Gasteiger partial charge in [0.25, 0.3) is 0 Å². The Balaban J connectivity index is 2.18. The lowest BCUT2D eigenvalue weighted by molar-refractivity contribution is -0.0352. The maximum atomic E-state index is 10.9. The van der Waals surface area contributed by atoms with Gasteiger partial charge in [-0.1, -0.05) is 0 Å². The molecule has 2 N–H and O–H groups in total. The molecule has 0 aromatic carbocycles. The van der Waals surface area contributed by atoms with Crippen molar-refractivity contribution in [3.8, 4) is 0 Å². The van der Waals surface area contributed by atoms with Crippen molar-refractivity contribution in [2.24, 2.45) is 0 Å². The SMILES string of the molecule is O=C(O)N1C2CCCC1C(O)CC2. The van der Waals surface area contributed by atoms with Crippen molar-refractivity contribution in [1.82, 2.24) is 4.90 Å². The first-order valence-electron chi connectivity index (χ1n) is 4.89. The highest BCUT2D eigenvalue weighted by atomic mass is 16.4. The van der Waals surface area contributed by atoms with E-state index in [1.165, 1.54) is 4.90 Å². The van der Waals surface area contributed by atoms with E-state index in [1.807, 2.05) is 0 Å². The molecule has 4 heteroatoms. The van der Waals surface area contributed by atoms with Gasteiger partial charge in [0.1, 0.15) is 0 Å². The third-order valence-electron chi connectivity index (χ3n) is 3.25. The van der Waals surface area contributed by atoms with Crippen molar-refractivity contribution >= 4 is 6.09 Å². The van der Waals surface area contributed by atoms with Gasteiger partial charge in [-0.25, -0.2) is 4.79 Å². The fourth-order valence-corrected chi connectivity index (χ4v) is 2.63. The summed E-state index contributed by atoms with van der Waals surface area (Å²) in [5.74, 6) is 0. The molecule has 0 radical (unpaired) electrons. The van der Waals surface area contributed by atoms with E-state index in [2.05, 4.69) is 0 Å². The summed E-state index contributed by atoms with van der Waals surface area (Å²) in [4.78, 5) is 12.4. The molecule has 2 saturated heterocycles. The zero-order valence-electron chi connectivity index (χ0n) is 7.52. The fraction of sp³-hybridized carbons (Fsp3) is 0.889. The highest BCUT2D eigenvalue weighted by molar-refractivity contribution is 5.66. The van der Waals surface area contributed by atoms with Crippen LogP contribution in [0.1, 0.15) is 32.1 Å². The number of amides is 1. The zero-order valence-corrected chi connectivity index (χ0v) is 7.52. The van der Waals surface area contributed by atoms with Crippen LogP contribution in [0.3, 0.4) is 0 Å². The predicted octanol–water partition coefficient (Wildman–Crippen LogP) is 1.04. The molecule has 2 aliphatic rings. The van der Waals surface area contributed by atoms with E-state index in [0.29, 0.717) is 0 Å². The Bertz CT molecular complexity index is 219. The lowest BCUT2D eigenvalue weighted by Crippen LogP contribution is -2.57. The predicted molar refractivity (Wildman–Crippen MR) is 46.5 cm³/mol. The van der Waals surface area contributed by atoms with E-state index in [1.54, 1.807) is 0 Å². The molecule has 0 aromatic heterocycles. The Morgan fingerprint density at radius 2 is 2.00 bits per heavy atom. The average molecular weight is 185 g/mol. The van der Waals surface area contributed by atoms with Crippen LogP contribution in [0.5, 0.6) is 0 Å². The molecule has 3 atom stereocenters. The van der Waals surface area contributed by atoms with E-state index in [0.717, 1.165) is 32.1 Å². The van der Waals surface area contributed by atoms with Gasteiger partial charge >= 0.3 is 6.09 Å². The fourth-order valence-electron chi connectivity index (χ4n) is 2.63. The van der Waals surface area contributed by atoms with Gasteiger partial charge in [-0.05, 0) is 32.1 Å². The normalized spacial score (nSPS) is 38.8. The maximum Gasteiger partial charge on any atom is 0.407 e. The summed E-state index contributed by atoms with van der Waals surface area (Å²) >= 11 is 0. The van der Waals surface area contributed by atoms with E-state index in [9.17, 15) is 9.90 Å². The molecule has 0 aliphatic carbocycles. The van der Waals surface area contributed by atoms with Crippen LogP contribution in [0.25, 0.3) is 0 Å². The monoisotopic (exact) mass is 185 g/mol. The first kappa shape index (κ1) is 8.81. The maximum absolute atomic E-state index is 10.9. The van der Waals surface area contributed by atoms with Gasteiger partial charge in [-0.2, -0.15) is 0 Å². The minimum Gasteiger partial charge on any atom is -0.465 e. The first-order chi connectivity index (χ1) is 6.20. The van der Waals surface area contributed by atoms with Gasteiger partial charge in [0.2, 0.25) is 0 Å². The number of rotatable bonds is 0. The van der Waals surface area contributed by atoms with E-state index in [4.69, 9.17) is 5.11 Å². The third-order valence-corrected chi connectivity index (χ3v) is 3.25. The summed E-state index contributed by atoms with van der Waals surface area (Å²) < 4.78 is 0. The smallest absolute Gasteiger partial charge is 0.407 e. The minimum absolute atomic E-state index is 0.134. The van der Waals surface area contributed by atoms with E-state index in [-0.39, 0.29) is 12.1 Å². The van der Waals surface area contributed by atoms with E-state index < -0.39 is 12.2 Å². The lowest BCUT2D eigenvalue weighted by atomic mass is 9.83. The summed E-state index contributed by atoms with van der Waals surface area (Å²) in [6.07, 6.45) is 3.12. The standard InChI is InChI=1S/C9H15NO3/c11-8-5-4-6-2-1-3-7(8)10(6)9(12)13/h6-8,11H,1-5H2,(H,12,13). The van der Waals surface area contributed by atoms with Crippen molar-refractivity contribution in [2.75, 3.05) is 0 Å². The Hall–Kier alpha value is -0.770. The lowest BCUT2D eigenvalue weighted by Gasteiger charge is -2.46. The van der Waals surface area contributed by atoms with Gasteiger partial charge in [-0.3, -0.25) is 4.90 Å². The molecule has 4 nitrogen and oxygen atoms in total. The summed E-state index contributed by atoms with van der Waals surface area (Å²) in [5, 5.41) is 18.6. The molecule has 0 aromatic rings. The number of hydrogen-bond acceptors (Lipinski definition) is 2. The van der Waals surface area contributed by atoms with Crippen molar-refractivity contribution in [3.05, 3.63) is 0 Å². The molecule has 13 heavy (non-hydrogen) atoms. The molecule has 2 rings (SSSR count). The Morgan fingerprint density at radius 3 is 2.62 bits per heavy atom. The summed E-state index contributed by atoms with van der Waals surface area (Å²) in [6.45, 7) is 0. The molecule has 0 spiro atoms. The second kappa shape index (κ2) is 3.18. The van der Waals surface area contributed by atoms with Gasteiger partial charge < -0.3 is 10.2 Å². The summed E-state index contributed by atoms with van der Waals surface area (Å²) in [5.41, 5.74) is 0. The van der Waals surface area contributed by atoms with Crippen LogP contribution in [0, 0.1) is 0 Å². The molecule has 2 heterocycles. The third kappa shape index (κ3) is 1.39. The Kier molecular flexibility index (Phi) is 2.15. The van der Waals surface area contributed by atoms with Crippen molar-refractivity contribution < 1.29 is 15.0 Å². The molecular formula is C9H15NO3. The number of aliphatic hydroxyl groups excluding tert-OH is 1. The van der Waals surface area contributed by atoms with Gasteiger partial charge in [-0.15, -0.1) is 0 Å². The van der Waals surface area contributed by atoms with Crippen LogP contribution < -0.4 is 0 Å². The number of nitrogens with zero attached hydrogens (tertiary/aromatic N) is 1. The number of carbonyl (C=O) groups is 1. The largest absolute Gasteiger partial charge is 0.465 e. The van der Waals surface area contributed by atoms with Crippen molar-refractivity contribution in [3.63, 3.8) is 0 Å². The van der Waals surface area contributed by atoms with Crippen LogP contribution in [0.2, 0.25) is 0 Å². The van der Waals surface area contributed by atoms with Crippen LogP contribution in [-0.4, -0.2) is 39.4 Å². The second-order valence-electron chi connectivity index (χ2n) is 3.99. The molecule has 2 fully saturated rings. The topological polar surface area (TPSA) is 60.8 Å². The number of carboxylic acid groups (broad SMARTS) is 1. The molecule has 0 saturated carbocycles. The molecular weight excluding hydrogens is 170 g/mol. The first-order valence-corrected chi connectivity index (χ1v) is 4.89. The van der Waals surface area contributed by atoms with Crippen molar-refractivity contribution in [2.45, 2.75) is 50.3 Å². The molecule has 74 valence electrons. The van der Waals surface area contributed by atoms with Crippen LogP contribution in [0.15, 0.2) is 0 Å². The van der Waals surface area contributed by atoms with Gasteiger partial charge in [0, 0.05) is 6.04 Å². The van der Waals surface area contributed by atoms with Gasteiger partial charge in [0.15, 0.2) is 0 Å². The zero-order chi connectivity index (χ0) is 9.42. The summed E-state index contributed by atoms with van der Waals surface area (Å²) in [6, 6.07) is 0.0321. The highest BCUT2D eigenvalue weighted by Crippen LogP contribution is 2.33. The molecule has 3 unspecified atom stereocenters. The molecule has 2 bridgehead atoms. The van der Waals surface area contributed by atoms with Crippen LogP contribution in [-0.2, 0) is 0 Å². The minimum atomic E-state index is -0.867. The number of fused-ring (bicyclic) bond motifs is 2.